The van der Waals surface area contributed by atoms with E-state index in [1.54, 1.807) is 30.3 Å². The quantitative estimate of drug-likeness (QED) is 0.155. The highest BCUT2D eigenvalue weighted by Crippen LogP contribution is 2.07. The van der Waals surface area contributed by atoms with Gasteiger partial charge in [0.15, 0.2) is 0 Å². The number of carboxylic acid groups (broad SMARTS) is 3. The van der Waals surface area contributed by atoms with Crippen molar-refractivity contribution in [2.24, 2.45) is 5.73 Å². The Bertz CT molecular complexity index is 921. The summed E-state index contributed by atoms with van der Waals surface area (Å²) < 4.78 is 0. The Labute approximate surface area is 201 Å². The number of carboxylic acids is 3. The standard InChI is InChI=1S/C22H30N4O9/c1-12(23)19(31)24-14(7-9-17(27)28)20(32)26-16(11-13-5-3-2-4-6-13)21(33)25-15(22(34)35)8-10-18(29)30/h2-6,12,14-16H,7-11,23H2,1H3,(H,24,31)(H,25,33)(H,26,32)(H,27,28)(H,29,30)(H,34,35). The summed E-state index contributed by atoms with van der Waals surface area (Å²) in [4.78, 5) is 71.1. The molecule has 35 heavy (non-hydrogen) atoms. The van der Waals surface area contributed by atoms with Crippen molar-refractivity contribution in [1.82, 2.24) is 16.0 Å². The average molecular weight is 495 g/mol. The second kappa shape index (κ2) is 14.3. The maximum absolute atomic E-state index is 12.9. The zero-order valence-corrected chi connectivity index (χ0v) is 19.1. The topological polar surface area (TPSA) is 225 Å². The highest BCUT2D eigenvalue weighted by Gasteiger charge is 2.30. The Morgan fingerprint density at radius 1 is 0.743 bits per heavy atom. The van der Waals surface area contributed by atoms with Crippen LogP contribution in [0.4, 0.5) is 0 Å². The minimum absolute atomic E-state index is 0.0590. The van der Waals surface area contributed by atoms with Crippen LogP contribution >= 0.6 is 0 Å². The number of hydrogen-bond acceptors (Lipinski definition) is 7. The van der Waals surface area contributed by atoms with E-state index in [1.807, 2.05) is 0 Å². The summed E-state index contributed by atoms with van der Waals surface area (Å²) in [5, 5.41) is 34.1. The predicted molar refractivity (Wildman–Crippen MR) is 121 cm³/mol. The smallest absolute Gasteiger partial charge is 0.326 e. The predicted octanol–water partition coefficient (Wildman–Crippen LogP) is -1.16. The zero-order chi connectivity index (χ0) is 26.5. The third-order valence-electron chi connectivity index (χ3n) is 4.87. The molecule has 3 amide bonds. The van der Waals surface area contributed by atoms with Gasteiger partial charge in [-0.15, -0.1) is 0 Å². The molecule has 0 aliphatic rings. The molecule has 1 rings (SSSR count). The molecule has 0 aliphatic heterocycles. The highest BCUT2D eigenvalue weighted by atomic mass is 16.4. The van der Waals surface area contributed by atoms with Crippen molar-refractivity contribution in [3.63, 3.8) is 0 Å². The summed E-state index contributed by atoms with van der Waals surface area (Å²) in [5.41, 5.74) is 6.12. The van der Waals surface area contributed by atoms with Crippen molar-refractivity contribution in [1.29, 1.82) is 0 Å². The number of hydrogen-bond donors (Lipinski definition) is 7. The number of amides is 3. The summed E-state index contributed by atoms with van der Waals surface area (Å²) in [6, 6.07) is 3.33. The van der Waals surface area contributed by atoms with Crippen LogP contribution in [0.2, 0.25) is 0 Å². The van der Waals surface area contributed by atoms with E-state index >= 15 is 0 Å². The Kier molecular flexibility index (Phi) is 11.9. The molecule has 0 saturated carbocycles. The van der Waals surface area contributed by atoms with E-state index in [2.05, 4.69) is 16.0 Å². The van der Waals surface area contributed by atoms with Crippen molar-refractivity contribution in [3.05, 3.63) is 35.9 Å². The number of rotatable bonds is 15. The molecule has 8 N–H and O–H groups in total. The SMILES string of the molecule is CC(N)C(=O)NC(CCC(=O)O)C(=O)NC(Cc1ccccc1)C(=O)NC(CCC(=O)O)C(=O)O. The molecule has 0 fully saturated rings. The lowest BCUT2D eigenvalue weighted by molar-refractivity contribution is -0.143. The molecule has 0 heterocycles. The molecule has 13 nitrogen and oxygen atoms in total. The minimum atomic E-state index is -1.52. The van der Waals surface area contributed by atoms with Gasteiger partial charge >= 0.3 is 17.9 Å². The van der Waals surface area contributed by atoms with Crippen LogP contribution in [0.3, 0.4) is 0 Å². The summed E-state index contributed by atoms with van der Waals surface area (Å²) in [6.45, 7) is 1.37. The van der Waals surface area contributed by atoms with E-state index in [9.17, 15) is 33.9 Å². The van der Waals surface area contributed by atoms with Gasteiger partial charge in [0, 0.05) is 19.3 Å². The molecule has 192 valence electrons. The van der Waals surface area contributed by atoms with Gasteiger partial charge in [0.25, 0.3) is 0 Å². The third-order valence-corrected chi connectivity index (χ3v) is 4.87. The third kappa shape index (κ3) is 11.1. The summed E-state index contributed by atoms with van der Waals surface area (Å²) in [6.07, 6.45) is -1.68. The van der Waals surface area contributed by atoms with Crippen LogP contribution in [-0.2, 0) is 35.2 Å². The van der Waals surface area contributed by atoms with Crippen molar-refractivity contribution >= 4 is 35.6 Å². The molecule has 0 bridgehead atoms. The second-order valence-corrected chi connectivity index (χ2v) is 7.86. The van der Waals surface area contributed by atoms with E-state index in [0.29, 0.717) is 5.56 Å². The number of carbonyl (C=O) groups is 6. The van der Waals surface area contributed by atoms with E-state index in [1.165, 1.54) is 6.92 Å². The van der Waals surface area contributed by atoms with Gasteiger partial charge in [-0.2, -0.15) is 0 Å². The largest absolute Gasteiger partial charge is 0.481 e. The van der Waals surface area contributed by atoms with Crippen LogP contribution in [0.1, 0.15) is 38.2 Å². The maximum Gasteiger partial charge on any atom is 0.326 e. The molecular weight excluding hydrogens is 464 g/mol. The first-order valence-corrected chi connectivity index (χ1v) is 10.8. The minimum Gasteiger partial charge on any atom is -0.481 e. The molecule has 1 aromatic rings. The number of aliphatic carboxylic acids is 3. The lowest BCUT2D eigenvalue weighted by Gasteiger charge is -2.25. The summed E-state index contributed by atoms with van der Waals surface area (Å²) in [7, 11) is 0. The molecule has 0 saturated heterocycles. The molecule has 0 spiro atoms. The van der Waals surface area contributed by atoms with Crippen molar-refractivity contribution in [3.8, 4) is 0 Å². The summed E-state index contributed by atoms with van der Waals surface area (Å²) in [5.74, 6) is -6.37. The van der Waals surface area contributed by atoms with Gasteiger partial charge in [-0.25, -0.2) is 4.79 Å². The first kappa shape index (κ1) is 29.0. The van der Waals surface area contributed by atoms with Crippen molar-refractivity contribution in [2.75, 3.05) is 0 Å². The normalized spacial score (nSPS) is 14.0. The van der Waals surface area contributed by atoms with E-state index in [-0.39, 0.29) is 19.3 Å². The molecule has 4 atom stereocenters. The number of carbonyl (C=O) groups excluding carboxylic acids is 3. The van der Waals surface area contributed by atoms with Gasteiger partial charge in [0.2, 0.25) is 17.7 Å². The zero-order valence-electron chi connectivity index (χ0n) is 19.1. The lowest BCUT2D eigenvalue weighted by Crippen LogP contribution is -2.57. The highest BCUT2D eigenvalue weighted by molar-refractivity contribution is 5.94. The Morgan fingerprint density at radius 3 is 1.69 bits per heavy atom. The molecule has 0 radical (unpaired) electrons. The van der Waals surface area contributed by atoms with Crippen LogP contribution < -0.4 is 21.7 Å². The second-order valence-electron chi connectivity index (χ2n) is 7.86. The molecule has 0 aromatic heterocycles. The lowest BCUT2D eigenvalue weighted by atomic mass is 10.0. The fraction of sp³-hybridized carbons (Fsp3) is 0.455. The van der Waals surface area contributed by atoms with Crippen LogP contribution in [0, 0.1) is 0 Å². The molecule has 13 heteroatoms. The maximum atomic E-state index is 12.9. The number of nitrogens with one attached hydrogen (secondary N) is 3. The van der Waals surface area contributed by atoms with Gasteiger partial charge in [0.1, 0.15) is 18.1 Å². The fourth-order valence-corrected chi connectivity index (χ4v) is 2.97. The van der Waals surface area contributed by atoms with Crippen LogP contribution in [0.25, 0.3) is 0 Å². The van der Waals surface area contributed by atoms with Crippen LogP contribution in [0.5, 0.6) is 0 Å². The first-order valence-electron chi connectivity index (χ1n) is 10.8. The average Bonchev–Trinajstić information content (AvgIpc) is 2.78. The summed E-state index contributed by atoms with van der Waals surface area (Å²) >= 11 is 0. The van der Waals surface area contributed by atoms with Gasteiger partial charge in [-0.1, -0.05) is 30.3 Å². The van der Waals surface area contributed by atoms with Gasteiger partial charge in [-0.3, -0.25) is 24.0 Å². The Balaban J connectivity index is 3.11. The first-order chi connectivity index (χ1) is 16.4. The van der Waals surface area contributed by atoms with Gasteiger partial charge in [-0.05, 0) is 25.3 Å². The fourth-order valence-electron chi connectivity index (χ4n) is 2.97. The monoisotopic (exact) mass is 494 g/mol. The number of nitrogens with two attached hydrogens (primary N) is 1. The number of benzene rings is 1. The van der Waals surface area contributed by atoms with Crippen LogP contribution in [-0.4, -0.2) is 75.1 Å². The van der Waals surface area contributed by atoms with Gasteiger partial charge in [0.05, 0.1) is 6.04 Å². The van der Waals surface area contributed by atoms with Gasteiger partial charge < -0.3 is 37.0 Å². The Hall–Kier alpha value is -4.00. The van der Waals surface area contributed by atoms with E-state index in [0.717, 1.165) is 0 Å². The molecule has 1 aromatic carbocycles. The molecule has 0 aliphatic carbocycles. The van der Waals surface area contributed by atoms with Crippen LogP contribution in [0.15, 0.2) is 30.3 Å². The Morgan fingerprint density at radius 2 is 1.20 bits per heavy atom. The van der Waals surface area contributed by atoms with E-state index in [4.69, 9.17) is 15.9 Å². The molecular formula is C22H30N4O9. The van der Waals surface area contributed by atoms with Crippen molar-refractivity contribution < 1.29 is 44.1 Å². The molecule has 4 unspecified atom stereocenters. The van der Waals surface area contributed by atoms with E-state index < -0.39 is 72.6 Å². The van der Waals surface area contributed by atoms with Crippen molar-refractivity contribution in [2.45, 2.75) is 63.2 Å².